The van der Waals surface area contributed by atoms with Crippen LogP contribution in [0.3, 0.4) is 0 Å². The van der Waals surface area contributed by atoms with Gasteiger partial charge in [-0.25, -0.2) is 4.98 Å². The van der Waals surface area contributed by atoms with Gasteiger partial charge in [0, 0.05) is 31.9 Å². The predicted octanol–water partition coefficient (Wildman–Crippen LogP) is 1.61. The van der Waals surface area contributed by atoms with Crippen LogP contribution >= 0.6 is 0 Å². The molecule has 0 saturated carbocycles. The maximum Gasteiger partial charge on any atom is 0.270 e. The number of hydrogen-bond donors (Lipinski definition) is 2. The second-order valence-electron chi connectivity index (χ2n) is 6.95. The number of imidazole rings is 1. The number of carbonyl (C=O) groups excluding carboxylic acids is 2. The Morgan fingerprint density at radius 2 is 2.19 bits per heavy atom. The molecule has 0 radical (unpaired) electrons. The van der Waals surface area contributed by atoms with Gasteiger partial charge in [0.25, 0.3) is 5.91 Å². The third-order valence-corrected chi connectivity index (χ3v) is 4.99. The fraction of sp³-hybridized carbons (Fsp3) is 0.450. The Hall–Kier alpha value is -2.67. The van der Waals surface area contributed by atoms with Gasteiger partial charge in [0.2, 0.25) is 5.91 Å². The molecule has 3 heterocycles. The van der Waals surface area contributed by atoms with Crippen molar-refractivity contribution in [2.45, 2.75) is 39.3 Å². The van der Waals surface area contributed by atoms with Gasteiger partial charge in [-0.05, 0) is 39.3 Å². The van der Waals surface area contributed by atoms with Crippen LogP contribution in [0.25, 0.3) is 5.65 Å². The molecule has 1 fully saturated rings. The number of carbonyl (C=O) groups is 2. The number of hydrogen-bond acceptors (Lipinski definition) is 4. The molecule has 0 bridgehead atoms. The standard InChI is InChI=1S/C20H27N5O2/c1-4-14(3)12-24-13-15(10-16(24)19(26)21-5-2)23-20(27)17-11-22-18-8-6-7-9-25(17)18/h4,6-9,11,15-16H,5,10,12-13H2,1-3H3,(H,21,26)(H,23,27)/b14-4+/t15-,16+/m1/s1. The number of allylic oxidation sites excluding steroid dienone is 1. The normalized spacial score (nSPS) is 20.8. The third-order valence-electron chi connectivity index (χ3n) is 4.99. The summed E-state index contributed by atoms with van der Waals surface area (Å²) >= 11 is 0. The highest BCUT2D eigenvalue weighted by Crippen LogP contribution is 2.20. The van der Waals surface area contributed by atoms with Gasteiger partial charge in [0.15, 0.2) is 0 Å². The van der Waals surface area contributed by atoms with E-state index in [2.05, 4.69) is 33.5 Å². The van der Waals surface area contributed by atoms with Crippen LogP contribution in [0.4, 0.5) is 0 Å². The van der Waals surface area contributed by atoms with E-state index in [1.807, 2.05) is 38.2 Å². The highest BCUT2D eigenvalue weighted by atomic mass is 16.2. The number of aromatic nitrogens is 2. The average molecular weight is 369 g/mol. The molecule has 2 aromatic heterocycles. The molecule has 7 nitrogen and oxygen atoms in total. The highest BCUT2D eigenvalue weighted by molar-refractivity contribution is 5.93. The maximum atomic E-state index is 12.8. The summed E-state index contributed by atoms with van der Waals surface area (Å²) in [4.78, 5) is 31.6. The Bertz CT molecular complexity index is 857. The summed E-state index contributed by atoms with van der Waals surface area (Å²) in [6.07, 6.45) is 6.07. The van der Waals surface area contributed by atoms with E-state index in [-0.39, 0.29) is 23.9 Å². The first-order valence-electron chi connectivity index (χ1n) is 9.40. The molecule has 27 heavy (non-hydrogen) atoms. The Morgan fingerprint density at radius 3 is 2.93 bits per heavy atom. The lowest BCUT2D eigenvalue weighted by Gasteiger charge is -2.23. The SMILES string of the molecule is C/C=C(\C)CN1C[C@H](NC(=O)c2cnc3ccccn23)C[C@H]1C(=O)NCC. The smallest absolute Gasteiger partial charge is 0.270 e. The molecule has 7 heteroatoms. The van der Waals surface area contributed by atoms with Crippen LogP contribution in [0.1, 0.15) is 37.7 Å². The van der Waals surface area contributed by atoms with Gasteiger partial charge in [-0.1, -0.05) is 17.7 Å². The number of nitrogens with one attached hydrogen (secondary N) is 2. The molecule has 1 aliphatic heterocycles. The van der Waals surface area contributed by atoms with Crippen LogP contribution in [0.2, 0.25) is 0 Å². The molecule has 2 atom stereocenters. The molecule has 2 N–H and O–H groups in total. The molecule has 2 amide bonds. The van der Waals surface area contributed by atoms with Crippen LogP contribution in [0.15, 0.2) is 42.2 Å². The van der Waals surface area contributed by atoms with Gasteiger partial charge < -0.3 is 10.6 Å². The molecule has 0 aromatic carbocycles. The lowest BCUT2D eigenvalue weighted by atomic mass is 10.1. The van der Waals surface area contributed by atoms with Crippen molar-refractivity contribution < 1.29 is 9.59 Å². The van der Waals surface area contributed by atoms with Gasteiger partial charge >= 0.3 is 0 Å². The third kappa shape index (κ3) is 4.19. The summed E-state index contributed by atoms with van der Waals surface area (Å²) in [5, 5.41) is 5.99. The Labute approximate surface area is 159 Å². The van der Waals surface area contributed by atoms with E-state index in [0.29, 0.717) is 25.2 Å². The molecule has 0 unspecified atom stereocenters. The van der Waals surface area contributed by atoms with Gasteiger partial charge in [0.05, 0.1) is 12.2 Å². The molecule has 144 valence electrons. The topological polar surface area (TPSA) is 78.7 Å². The van der Waals surface area contributed by atoms with Crippen molar-refractivity contribution in [3.05, 3.63) is 47.9 Å². The minimum Gasteiger partial charge on any atom is -0.355 e. The van der Waals surface area contributed by atoms with Gasteiger partial charge in [-0.3, -0.25) is 18.9 Å². The summed E-state index contributed by atoms with van der Waals surface area (Å²) < 4.78 is 1.77. The molecular formula is C20H27N5O2. The molecule has 0 aliphatic carbocycles. The molecule has 1 aliphatic rings. The molecular weight excluding hydrogens is 342 g/mol. The van der Waals surface area contributed by atoms with E-state index in [0.717, 1.165) is 12.2 Å². The number of likely N-dealkylation sites (N-methyl/N-ethyl adjacent to an activating group) is 1. The zero-order chi connectivity index (χ0) is 19.4. The first kappa shape index (κ1) is 19.1. The minimum absolute atomic E-state index is 0.0213. The average Bonchev–Trinajstić information content (AvgIpc) is 3.26. The number of amides is 2. The predicted molar refractivity (Wildman–Crippen MR) is 105 cm³/mol. The van der Waals surface area contributed by atoms with Gasteiger partial charge in [0.1, 0.15) is 11.3 Å². The lowest BCUT2D eigenvalue weighted by molar-refractivity contribution is -0.125. The summed E-state index contributed by atoms with van der Waals surface area (Å²) in [6, 6.07) is 5.31. The first-order valence-corrected chi connectivity index (χ1v) is 9.40. The second kappa shape index (κ2) is 8.35. The van der Waals surface area contributed by atoms with Crippen molar-refractivity contribution >= 4 is 17.5 Å². The van der Waals surface area contributed by atoms with Crippen molar-refractivity contribution in [1.29, 1.82) is 0 Å². The van der Waals surface area contributed by atoms with Crippen molar-refractivity contribution in [1.82, 2.24) is 24.9 Å². The Morgan fingerprint density at radius 1 is 1.37 bits per heavy atom. The van der Waals surface area contributed by atoms with E-state index in [1.165, 1.54) is 5.57 Å². The van der Waals surface area contributed by atoms with E-state index in [9.17, 15) is 9.59 Å². The number of nitrogens with zero attached hydrogens (tertiary/aromatic N) is 3. The quantitative estimate of drug-likeness (QED) is 0.759. The van der Waals surface area contributed by atoms with E-state index < -0.39 is 0 Å². The van der Waals surface area contributed by atoms with Crippen LogP contribution in [-0.2, 0) is 4.79 Å². The number of likely N-dealkylation sites (tertiary alicyclic amines) is 1. The Kier molecular flexibility index (Phi) is 5.91. The van der Waals surface area contributed by atoms with Crippen LogP contribution in [0.5, 0.6) is 0 Å². The fourth-order valence-electron chi connectivity index (χ4n) is 3.52. The van der Waals surface area contributed by atoms with Crippen LogP contribution in [-0.4, -0.2) is 57.8 Å². The monoisotopic (exact) mass is 369 g/mol. The van der Waals surface area contributed by atoms with Gasteiger partial charge in [-0.15, -0.1) is 0 Å². The van der Waals surface area contributed by atoms with Gasteiger partial charge in [-0.2, -0.15) is 0 Å². The summed E-state index contributed by atoms with van der Waals surface area (Å²) in [7, 11) is 0. The molecule has 1 saturated heterocycles. The zero-order valence-electron chi connectivity index (χ0n) is 16.1. The summed E-state index contributed by atoms with van der Waals surface area (Å²) in [5.74, 6) is -0.147. The fourth-order valence-corrected chi connectivity index (χ4v) is 3.52. The second-order valence-corrected chi connectivity index (χ2v) is 6.95. The first-order chi connectivity index (χ1) is 13.0. The van der Waals surface area contributed by atoms with E-state index >= 15 is 0 Å². The summed E-state index contributed by atoms with van der Waals surface area (Å²) in [6.45, 7) is 7.94. The maximum absolute atomic E-state index is 12.8. The number of fused-ring (bicyclic) bond motifs is 1. The number of rotatable bonds is 6. The van der Waals surface area contributed by atoms with Crippen LogP contribution < -0.4 is 10.6 Å². The zero-order valence-corrected chi connectivity index (χ0v) is 16.1. The lowest BCUT2D eigenvalue weighted by Crippen LogP contribution is -2.43. The van der Waals surface area contributed by atoms with E-state index in [4.69, 9.17) is 0 Å². The Balaban J connectivity index is 1.72. The van der Waals surface area contributed by atoms with Crippen molar-refractivity contribution in [3.63, 3.8) is 0 Å². The number of pyridine rings is 1. The molecule has 3 rings (SSSR count). The minimum atomic E-state index is -0.229. The highest BCUT2D eigenvalue weighted by Gasteiger charge is 2.37. The molecule has 2 aromatic rings. The molecule has 0 spiro atoms. The van der Waals surface area contributed by atoms with Crippen LogP contribution in [0, 0.1) is 0 Å². The summed E-state index contributed by atoms with van der Waals surface area (Å²) in [5.41, 5.74) is 2.45. The van der Waals surface area contributed by atoms with Crippen molar-refractivity contribution in [2.24, 2.45) is 0 Å². The van der Waals surface area contributed by atoms with Crippen molar-refractivity contribution in [2.75, 3.05) is 19.6 Å². The van der Waals surface area contributed by atoms with E-state index in [1.54, 1.807) is 10.6 Å². The largest absolute Gasteiger partial charge is 0.355 e. The van der Waals surface area contributed by atoms with Crippen molar-refractivity contribution in [3.8, 4) is 0 Å².